The van der Waals surface area contributed by atoms with E-state index >= 15 is 8.78 Å². The second-order valence-electron chi connectivity index (χ2n) is 17.7. The van der Waals surface area contributed by atoms with Gasteiger partial charge in [0.15, 0.2) is 28.5 Å². The molecule has 0 saturated heterocycles. The average Bonchev–Trinajstić information content (AvgIpc) is 3.20. The Balaban J connectivity index is 1.25. The maximum Gasteiger partial charge on any atom is 0.396 e. The number of primary amides is 1. The first kappa shape index (κ1) is 46.6. The molecule has 2 amide bonds. The van der Waals surface area contributed by atoms with Crippen LogP contribution in [0.4, 0.5) is 27.6 Å². The van der Waals surface area contributed by atoms with Gasteiger partial charge in [-0.05, 0) is 64.3 Å². The predicted molar refractivity (Wildman–Crippen MR) is 218 cm³/mol. The third-order valence-corrected chi connectivity index (χ3v) is 14.0. The third kappa shape index (κ3) is 6.06. The Labute approximate surface area is 373 Å². The number of aliphatic hydroxyl groups is 6. The molecule has 2 aromatic rings. The number of Topliss-reactive ketones (excluding diaryl/α,β-unsaturated/α-hetero) is 4. The zero-order valence-electron chi connectivity index (χ0n) is 35.2. The van der Waals surface area contributed by atoms with Crippen molar-refractivity contribution < 1.29 is 91.6 Å². The fourth-order valence-corrected chi connectivity index (χ4v) is 11.2. The summed E-state index contributed by atoms with van der Waals surface area (Å²) in [7, 11) is 5.00. The molecule has 11 N–H and O–H groups in total. The van der Waals surface area contributed by atoms with Crippen molar-refractivity contribution in [2.45, 2.75) is 48.2 Å². The molecule has 6 aliphatic rings. The standard InChI is InChI=1S/C44H39F5N4O14/c1-52(2)28-16-10-14-20(39(45)46)12-8-9-18(30(55)22(12)32(57)23(14)35(60)42(16,66)37(62)25(33(28)58)40(50)64)51-41(65)26-34(59)29(53(3)4)17-11-15-24(36(61)43(17,67)38(26)63)31(56)21-13(6-5-7-19(21)54)27(15)44(47,48)49/h5-9,14-17,27-29,54-57,62-63,66-67H,10-11H2,1-4H3,(H2,50,64)(H,51,65)/t14-,15+,16+,17+,27+,28+,29+,42+,43+/m1/s1. The number of nitrogens with two attached hydrogens (primary N) is 1. The van der Waals surface area contributed by atoms with Gasteiger partial charge in [-0.25, -0.2) is 0 Å². The van der Waals surface area contributed by atoms with Gasteiger partial charge < -0.3 is 51.9 Å². The van der Waals surface area contributed by atoms with E-state index in [1.807, 2.05) is 5.32 Å². The molecule has 67 heavy (non-hydrogen) atoms. The number of nitrogens with zero attached hydrogens (tertiary/aromatic N) is 2. The lowest BCUT2D eigenvalue weighted by Gasteiger charge is -2.51. The van der Waals surface area contributed by atoms with Gasteiger partial charge in [0, 0.05) is 40.4 Å². The van der Waals surface area contributed by atoms with E-state index in [0.717, 1.165) is 40.1 Å². The molecule has 9 atom stereocenters. The fourth-order valence-electron chi connectivity index (χ4n) is 11.2. The largest absolute Gasteiger partial charge is 0.508 e. The van der Waals surface area contributed by atoms with Gasteiger partial charge in [0.05, 0.1) is 34.8 Å². The Morgan fingerprint density at radius 3 is 1.81 bits per heavy atom. The molecule has 0 radical (unpaired) electrons. The Morgan fingerprint density at radius 1 is 0.746 bits per heavy atom. The zero-order valence-corrected chi connectivity index (χ0v) is 35.2. The first-order chi connectivity index (χ1) is 31.1. The van der Waals surface area contributed by atoms with E-state index in [0.29, 0.717) is 0 Å². The van der Waals surface area contributed by atoms with Gasteiger partial charge in [-0.3, -0.25) is 38.6 Å². The Kier molecular flexibility index (Phi) is 10.5. The van der Waals surface area contributed by atoms with Crippen molar-refractivity contribution in [1.82, 2.24) is 9.80 Å². The highest BCUT2D eigenvalue weighted by Crippen LogP contribution is 2.61. The van der Waals surface area contributed by atoms with Crippen molar-refractivity contribution in [3.05, 3.63) is 92.5 Å². The smallest absolute Gasteiger partial charge is 0.396 e. The molecule has 0 aliphatic heterocycles. The van der Waals surface area contributed by atoms with E-state index in [2.05, 4.69) is 0 Å². The summed E-state index contributed by atoms with van der Waals surface area (Å²) in [6.07, 6.45) is -9.31. The molecule has 0 heterocycles. The minimum atomic E-state index is -5.15. The van der Waals surface area contributed by atoms with Crippen molar-refractivity contribution >= 4 is 57.7 Å². The molecular formula is C44H39F5N4O14. The van der Waals surface area contributed by atoms with Gasteiger partial charge in [0.1, 0.15) is 39.9 Å². The molecule has 6 aliphatic carbocycles. The Morgan fingerprint density at radius 2 is 1.27 bits per heavy atom. The number of anilines is 1. The monoisotopic (exact) mass is 942 g/mol. The van der Waals surface area contributed by atoms with E-state index < -0.39 is 203 Å². The number of phenolic OH excluding ortho intramolecular Hbond substituents is 2. The average molecular weight is 943 g/mol. The summed E-state index contributed by atoms with van der Waals surface area (Å²) in [4.78, 5) is 85.2. The van der Waals surface area contributed by atoms with Crippen LogP contribution in [0.25, 0.3) is 17.1 Å². The lowest BCUT2D eigenvalue weighted by molar-refractivity contribution is -0.173. The van der Waals surface area contributed by atoms with Gasteiger partial charge in [0.2, 0.25) is 11.6 Å². The van der Waals surface area contributed by atoms with Crippen LogP contribution in [0.3, 0.4) is 0 Å². The van der Waals surface area contributed by atoms with E-state index in [1.165, 1.54) is 28.2 Å². The maximum absolute atomic E-state index is 15.1. The quantitative estimate of drug-likeness (QED) is 0.117. The number of carbonyl (C=O) groups is 6. The molecular weight excluding hydrogens is 903 g/mol. The van der Waals surface area contributed by atoms with Crippen molar-refractivity contribution in [3.8, 4) is 11.5 Å². The van der Waals surface area contributed by atoms with Crippen LogP contribution in [0.2, 0.25) is 0 Å². The number of carbonyl (C=O) groups excluding carboxylic acids is 6. The van der Waals surface area contributed by atoms with Gasteiger partial charge in [-0.2, -0.15) is 22.0 Å². The van der Waals surface area contributed by atoms with Crippen LogP contribution in [0, 0.1) is 23.7 Å². The Hall–Kier alpha value is -6.95. The second-order valence-corrected chi connectivity index (χ2v) is 17.7. The second kappa shape index (κ2) is 15.0. The highest BCUT2D eigenvalue weighted by molar-refractivity contribution is 6.29. The summed E-state index contributed by atoms with van der Waals surface area (Å²) in [6.45, 7) is 0. The van der Waals surface area contributed by atoms with Crippen LogP contribution in [-0.2, 0) is 28.8 Å². The fraction of sp³-hybridized carbons (Fsp3) is 0.364. The molecule has 354 valence electrons. The molecule has 0 aromatic heterocycles. The number of aliphatic hydroxyl groups excluding tert-OH is 4. The Bertz CT molecular complexity index is 2880. The number of alkyl halides is 3. The van der Waals surface area contributed by atoms with Crippen molar-refractivity contribution in [1.29, 1.82) is 0 Å². The molecule has 2 saturated carbocycles. The number of likely N-dealkylation sites (N-methyl/N-ethyl adjacent to an activating group) is 2. The lowest BCUT2D eigenvalue weighted by Crippen LogP contribution is -2.66. The number of nitrogens with one attached hydrogen (secondary N) is 1. The van der Waals surface area contributed by atoms with E-state index in [1.54, 1.807) is 0 Å². The summed E-state index contributed by atoms with van der Waals surface area (Å²) in [5.74, 6) is -27.2. The summed E-state index contributed by atoms with van der Waals surface area (Å²) in [5.41, 5.74) is -11.0. The number of allylic oxidation sites excluding steroid dienone is 1. The topological polar surface area (TPSA) is 309 Å². The molecule has 2 aromatic carbocycles. The number of hydrogen-bond acceptors (Lipinski definition) is 16. The third-order valence-electron chi connectivity index (χ3n) is 14.0. The van der Waals surface area contributed by atoms with E-state index in [9.17, 15) is 82.8 Å². The minimum Gasteiger partial charge on any atom is -0.508 e. The van der Waals surface area contributed by atoms with Crippen LogP contribution >= 0.6 is 0 Å². The number of rotatable bonds is 5. The SMILES string of the molecule is CN(C)[C@@H]1C(=O)C(C(N)=O)=C(O)[C@@]2(O)C(=O)C3=C(O)c4c(ccc(NC(=O)C5=C(O)[C@@]6(O)C(=O)C7=C(O)c8c(O)cccc8[C@H](C(F)(F)F)[C@H]7C[C@H]6[C@H](N(C)C)C5=O)c4O)C(=C(F)F)[C@H]3C[C@@H]12. The first-order valence-electron chi connectivity index (χ1n) is 20.2. The molecule has 23 heteroatoms. The van der Waals surface area contributed by atoms with Crippen molar-refractivity contribution in [2.24, 2.45) is 29.4 Å². The number of aromatic hydroxyl groups is 2. The van der Waals surface area contributed by atoms with Crippen molar-refractivity contribution in [3.63, 3.8) is 0 Å². The number of halogens is 5. The summed E-state index contributed by atoms with van der Waals surface area (Å²) >= 11 is 0. The van der Waals surface area contributed by atoms with Crippen LogP contribution in [0.1, 0.15) is 41.0 Å². The van der Waals surface area contributed by atoms with Crippen LogP contribution in [-0.4, -0.2) is 143 Å². The molecule has 8 rings (SSSR count). The van der Waals surface area contributed by atoms with E-state index in [4.69, 9.17) is 5.73 Å². The number of benzene rings is 2. The van der Waals surface area contributed by atoms with Gasteiger partial charge in [-0.1, -0.05) is 18.2 Å². The van der Waals surface area contributed by atoms with E-state index in [-0.39, 0.29) is 0 Å². The summed E-state index contributed by atoms with van der Waals surface area (Å²) < 4.78 is 75.0. The first-order valence-corrected chi connectivity index (χ1v) is 20.2. The number of ketones is 4. The van der Waals surface area contributed by atoms with Crippen LogP contribution < -0.4 is 11.1 Å². The summed E-state index contributed by atoms with van der Waals surface area (Å²) in [5, 5.41) is 94.1. The number of amides is 2. The van der Waals surface area contributed by atoms with Crippen LogP contribution in [0.15, 0.2) is 70.2 Å². The van der Waals surface area contributed by atoms with Gasteiger partial charge in [-0.15, -0.1) is 0 Å². The molecule has 2 fully saturated rings. The molecule has 0 bridgehead atoms. The van der Waals surface area contributed by atoms with Crippen molar-refractivity contribution in [2.75, 3.05) is 33.5 Å². The summed E-state index contributed by atoms with van der Waals surface area (Å²) in [6, 6.07) is 1.11. The van der Waals surface area contributed by atoms with Crippen LogP contribution in [0.5, 0.6) is 11.5 Å². The number of phenols is 2. The highest BCUT2D eigenvalue weighted by atomic mass is 19.4. The van der Waals surface area contributed by atoms with Gasteiger partial charge >= 0.3 is 6.18 Å². The molecule has 18 nitrogen and oxygen atoms in total. The minimum absolute atomic E-state index is 0.622. The number of hydrogen-bond donors (Lipinski definition) is 10. The molecule has 0 spiro atoms. The normalized spacial score (nSPS) is 30.5. The number of fused-ring (bicyclic) bond motifs is 6. The maximum atomic E-state index is 15.1. The molecule has 0 unspecified atom stereocenters. The predicted octanol–water partition coefficient (Wildman–Crippen LogP) is 2.56. The van der Waals surface area contributed by atoms with Gasteiger partial charge in [0.25, 0.3) is 17.9 Å². The highest BCUT2D eigenvalue weighted by Gasteiger charge is 2.68. The lowest BCUT2D eigenvalue weighted by atomic mass is 9.55. The zero-order chi connectivity index (χ0) is 49.6.